The minimum atomic E-state index is -0.294. The molecule has 4 rings (SSSR count). The number of anilines is 1. The number of aryl methyl sites for hydroxylation is 1. The van der Waals surface area contributed by atoms with Crippen molar-refractivity contribution >= 4 is 38.8 Å². The maximum Gasteiger partial charge on any atom is 0.266 e. The van der Waals surface area contributed by atoms with E-state index < -0.39 is 0 Å². The first kappa shape index (κ1) is 18.8. The highest BCUT2D eigenvalue weighted by atomic mass is 32.1. The van der Waals surface area contributed by atoms with E-state index in [-0.39, 0.29) is 12.5 Å². The summed E-state index contributed by atoms with van der Waals surface area (Å²) in [4.78, 5) is 21.5. The largest absolute Gasteiger partial charge is 0.386 e. The lowest BCUT2D eigenvalue weighted by molar-refractivity contribution is -0.120. The number of thiazole rings is 1. The number of nitrogens with one attached hydrogen (secondary N) is 1. The molecule has 0 unspecified atom stereocenters. The first-order chi connectivity index (χ1) is 14.2. The molecule has 0 fully saturated rings. The molecule has 1 amide bonds. The Kier molecular flexibility index (Phi) is 5.63. The highest BCUT2D eigenvalue weighted by molar-refractivity contribution is 7.22. The molecule has 0 radical (unpaired) electrons. The van der Waals surface area contributed by atoms with Crippen molar-refractivity contribution in [3.63, 3.8) is 0 Å². The van der Waals surface area contributed by atoms with Crippen molar-refractivity contribution in [2.24, 2.45) is 5.16 Å². The van der Waals surface area contributed by atoms with Gasteiger partial charge >= 0.3 is 0 Å². The van der Waals surface area contributed by atoms with Crippen LogP contribution >= 0.6 is 11.3 Å². The van der Waals surface area contributed by atoms with Gasteiger partial charge < -0.3 is 4.84 Å². The Hall–Kier alpha value is -3.51. The van der Waals surface area contributed by atoms with Crippen LogP contribution in [0.15, 0.2) is 78.0 Å². The molecule has 0 saturated carbocycles. The van der Waals surface area contributed by atoms with E-state index in [0.29, 0.717) is 5.13 Å². The molecule has 0 saturated heterocycles. The molecule has 0 aliphatic rings. The Morgan fingerprint density at radius 2 is 1.83 bits per heavy atom. The lowest BCUT2D eigenvalue weighted by Crippen LogP contribution is -2.16. The van der Waals surface area contributed by atoms with Gasteiger partial charge in [0.2, 0.25) is 0 Å². The summed E-state index contributed by atoms with van der Waals surface area (Å²) in [6.07, 6.45) is 1.59. The summed E-state index contributed by atoms with van der Waals surface area (Å²) >= 11 is 1.44. The Bertz CT molecular complexity index is 1150. The average molecular weight is 401 g/mol. The molecule has 0 aliphatic heterocycles. The molecular weight excluding hydrogens is 382 g/mol. The first-order valence-electron chi connectivity index (χ1n) is 9.15. The van der Waals surface area contributed by atoms with Gasteiger partial charge in [-0.1, -0.05) is 77.2 Å². The SMILES string of the molecule is Cc1ccc2nc(NC(=O)CO/N=C/c3ccc(-c4ccccc4)cc3)sc2c1. The van der Waals surface area contributed by atoms with Crippen LogP contribution in [0.2, 0.25) is 0 Å². The molecule has 6 heteroatoms. The van der Waals surface area contributed by atoms with Crippen LogP contribution < -0.4 is 5.32 Å². The first-order valence-corrected chi connectivity index (χ1v) is 9.97. The molecule has 0 atom stereocenters. The van der Waals surface area contributed by atoms with E-state index in [1.165, 1.54) is 11.3 Å². The van der Waals surface area contributed by atoms with E-state index in [1.807, 2.05) is 67.6 Å². The summed E-state index contributed by atoms with van der Waals surface area (Å²) in [5, 5.41) is 7.18. The van der Waals surface area contributed by atoms with Gasteiger partial charge in [-0.2, -0.15) is 0 Å². The van der Waals surface area contributed by atoms with Crippen molar-refractivity contribution in [3.8, 4) is 11.1 Å². The van der Waals surface area contributed by atoms with Gasteiger partial charge in [-0.3, -0.25) is 10.1 Å². The molecular formula is C23H19N3O2S. The number of amides is 1. The van der Waals surface area contributed by atoms with E-state index in [2.05, 4.69) is 27.6 Å². The van der Waals surface area contributed by atoms with Crippen molar-refractivity contribution < 1.29 is 9.63 Å². The molecule has 4 aromatic rings. The van der Waals surface area contributed by atoms with Crippen LogP contribution in [0.5, 0.6) is 0 Å². The third-order valence-corrected chi connectivity index (χ3v) is 5.21. The molecule has 0 aliphatic carbocycles. The monoisotopic (exact) mass is 401 g/mol. The minimum Gasteiger partial charge on any atom is -0.386 e. The van der Waals surface area contributed by atoms with Crippen molar-refractivity contribution in [2.45, 2.75) is 6.92 Å². The Labute approximate surface area is 172 Å². The van der Waals surface area contributed by atoms with Crippen molar-refractivity contribution in [1.29, 1.82) is 0 Å². The van der Waals surface area contributed by atoms with Gasteiger partial charge in [0.1, 0.15) is 0 Å². The second-order valence-corrected chi connectivity index (χ2v) is 7.57. The number of rotatable bonds is 6. The third-order valence-electron chi connectivity index (χ3n) is 4.28. The topological polar surface area (TPSA) is 63.6 Å². The fraction of sp³-hybridized carbons (Fsp3) is 0.0870. The number of fused-ring (bicyclic) bond motifs is 1. The van der Waals surface area contributed by atoms with E-state index in [4.69, 9.17) is 4.84 Å². The number of aromatic nitrogens is 1. The molecule has 1 N–H and O–H groups in total. The van der Waals surface area contributed by atoms with Crippen molar-refractivity contribution in [1.82, 2.24) is 4.98 Å². The molecule has 1 aromatic heterocycles. The van der Waals surface area contributed by atoms with Crippen molar-refractivity contribution in [2.75, 3.05) is 11.9 Å². The third kappa shape index (κ3) is 4.86. The van der Waals surface area contributed by atoms with Gasteiger partial charge in [0, 0.05) is 0 Å². The summed E-state index contributed by atoms with van der Waals surface area (Å²) in [7, 11) is 0. The minimum absolute atomic E-state index is 0.173. The van der Waals surface area contributed by atoms with Crippen LogP contribution in [0.1, 0.15) is 11.1 Å². The smallest absolute Gasteiger partial charge is 0.266 e. The van der Waals surface area contributed by atoms with Crippen LogP contribution in [0.25, 0.3) is 21.3 Å². The van der Waals surface area contributed by atoms with Crippen LogP contribution in [0.3, 0.4) is 0 Å². The van der Waals surface area contributed by atoms with Gasteiger partial charge in [-0.05, 0) is 41.3 Å². The number of oxime groups is 1. The highest BCUT2D eigenvalue weighted by Crippen LogP contribution is 2.26. The van der Waals surface area contributed by atoms with Crippen LogP contribution in [-0.2, 0) is 9.63 Å². The number of hydrogen-bond acceptors (Lipinski definition) is 5. The average Bonchev–Trinajstić information content (AvgIpc) is 3.13. The summed E-state index contributed by atoms with van der Waals surface area (Å²) in [6.45, 7) is 1.85. The normalized spacial score (nSPS) is 11.1. The Morgan fingerprint density at radius 3 is 2.62 bits per heavy atom. The standard InChI is InChI=1S/C23H19N3O2S/c1-16-7-12-20-21(13-16)29-23(25-20)26-22(27)15-28-24-14-17-8-10-19(11-9-17)18-5-3-2-4-6-18/h2-14H,15H2,1H3,(H,25,26,27)/b24-14+. The lowest BCUT2D eigenvalue weighted by atomic mass is 10.0. The summed E-state index contributed by atoms with van der Waals surface area (Å²) in [6, 6.07) is 24.1. The van der Waals surface area contributed by atoms with E-state index in [9.17, 15) is 4.79 Å². The zero-order valence-electron chi connectivity index (χ0n) is 15.8. The summed E-state index contributed by atoms with van der Waals surface area (Å²) in [5.41, 5.74) is 5.22. The second kappa shape index (κ2) is 8.67. The second-order valence-electron chi connectivity index (χ2n) is 6.53. The van der Waals surface area contributed by atoms with Gasteiger partial charge in [0.25, 0.3) is 5.91 Å². The van der Waals surface area contributed by atoms with Gasteiger partial charge in [-0.15, -0.1) is 0 Å². The van der Waals surface area contributed by atoms with Crippen molar-refractivity contribution in [3.05, 3.63) is 83.9 Å². The predicted octanol–water partition coefficient (Wildman–Crippen LogP) is 5.26. The lowest BCUT2D eigenvalue weighted by Gasteiger charge is -2.02. The fourth-order valence-electron chi connectivity index (χ4n) is 2.83. The summed E-state index contributed by atoms with van der Waals surface area (Å²) in [5.74, 6) is -0.294. The predicted molar refractivity (Wildman–Crippen MR) is 118 cm³/mol. The molecule has 1 heterocycles. The zero-order valence-corrected chi connectivity index (χ0v) is 16.6. The fourth-order valence-corrected chi connectivity index (χ4v) is 3.81. The Balaban J connectivity index is 1.28. The van der Waals surface area contributed by atoms with Crippen LogP contribution in [0, 0.1) is 6.92 Å². The Morgan fingerprint density at radius 1 is 1.07 bits per heavy atom. The van der Waals surface area contributed by atoms with E-state index in [1.54, 1.807) is 6.21 Å². The maximum absolute atomic E-state index is 12.0. The van der Waals surface area contributed by atoms with Gasteiger partial charge in [-0.25, -0.2) is 4.98 Å². The summed E-state index contributed by atoms with van der Waals surface area (Å²) < 4.78 is 1.04. The molecule has 0 spiro atoms. The quantitative estimate of drug-likeness (QED) is 0.354. The van der Waals surface area contributed by atoms with E-state index in [0.717, 1.165) is 32.5 Å². The molecule has 5 nitrogen and oxygen atoms in total. The van der Waals surface area contributed by atoms with Crippen LogP contribution in [-0.4, -0.2) is 23.7 Å². The zero-order chi connectivity index (χ0) is 20.1. The number of nitrogens with zero attached hydrogens (tertiary/aromatic N) is 2. The molecule has 144 valence electrons. The molecule has 29 heavy (non-hydrogen) atoms. The van der Waals surface area contributed by atoms with Gasteiger partial charge in [0.05, 0.1) is 16.4 Å². The number of benzene rings is 3. The highest BCUT2D eigenvalue weighted by Gasteiger charge is 2.08. The van der Waals surface area contributed by atoms with Gasteiger partial charge in [0.15, 0.2) is 11.7 Å². The number of carbonyl (C=O) groups excluding carboxylic acids is 1. The number of carbonyl (C=O) groups is 1. The molecule has 0 bridgehead atoms. The molecule has 3 aromatic carbocycles. The number of hydrogen-bond donors (Lipinski definition) is 1. The maximum atomic E-state index is 12.0. The van der Waals surface area contributed by atoms with E-state index >= 15 is 0 Å². The van der Waals surface area contributed by atoms with Crippen LogP contribution in [0.4, 0.5) is 5.13 Å².